The number of carbonyl (C=O) groups is 2. The van der Waals surface area contributed by atoms with E-state index >= 15 is 0 Å². The average molecular weight is 357 g/mol. The summed E-state index contributed by atoms with van der Waals surface area (Å²) in [6, 6.07) is 8.12. The third-order valence-corrected chi connectivity index (χ3v) is 4.11. The van der Waals surface area contributed by atoms with Gasteiger partial charge in [-0.3, -0.25) is 9.08 Å². The van der Waals surface area contributed by atoms with Crippen molar-refractivity contribution in [1.82, 2.24) is 4.90 Å². The largest absolute Gasteiger partial charge is 0.467 e. The van der Waals surface area contributed by atoms with Crippen LogP contribution in [0, 0.1) is 0 Å². The first-order valence-corrected chi connectivity index (χ1v) is 9.05. The van der Waals surface area contributed by atoms with Gasteiger partial charge in [0.1, 0.15) is 12.6 Å². The molecule has 0 saturated carbocycles. The molecular formula is C15H19NO7S. The molecule has 1 fully saturated rings. The Hall–Kier alpha value is -2.13. The Kier molecular flexibility index (Phi) is 5.79. The molecule has 1 saturated heterocycles. The number of nitrogens with zero attached hydrogens (tertiary/aromatic N) is 1. The van der Waals surface area contributed by atoms with Gasteiger partial charge in [0, 0.05) is 6.42 Å². The average Bonchev–Trinajstić information content (AvgIpc) is 2.94. The van der Waals surface area contributed by atoms with Gasteiger partial charge in [0.25, 0.3) is 10.1 Å². The van der Waals surface area contributed by atoms with Crippen molar-refractivity contribution in [1.29, 1.82) is 0 Å². The van der Waals surface area contributed by atoms with Crippen molar-refractivity contribution < 1.29 is 31.7 Å². The van der Waals surface area contributed by atoms with Crippen molar-refractivity contribution in [2.45, 2.75) is 25.2 Å². The minimum atomic E-state index is -3.70. The first-order valence-electron chi connectivity index (χ1n) is 7.23. The molecule has 1 aliphatic rings. The molecule has 1 aromatic carbocycles. The summed E-state index contributed by atoms with van der Waals surface area (Å²) in [7, 11) is -2.50. The van der Waals surface area contributed by atoms with Crippen LogP contribution < -0.4 is 0 Å². The lowest BCUT2D eigenvalue weighted by atomic mass is 10.2. The molecule has 132 valence electrons. The highest BCUT2D eigenvalue weighted by molar-refractivity contribution is 7.86. The lowest BCUT2D eigenvalue weighted by Gasteiger charge is -2.21. The first-order chi connectivity index (χ1) is 11.3. The molecule has 1 heterocycles. The summed E-state index contributed by atoms with van der Waals surface area (Å²) < 4.78 is 37.2. The summed E-state index contributed by atoms with van der Waals surface area (Å²) in [5.74, 6) is -0.647. The Morgan fingerprint density at radius 2 is 1.92 bits per heavy atom. The van der Waals surface area contributed by atoms with E-state index in [1.54, 1.807) is 12.1 Å². The molecule has 0 bridgehead atoms. The van der Waals surface area contributed by atoms with E-state index in [4.69, 9.17) is 8.92 Å². The molecule has 0 aliphatic carbocycles. The number of hydrogen-bond donors (Lipinski definition) is 0. The number of carbonyl (C=O) groups excluding carboxylic acids is 2. The van der Waals surface area contributed by atoms with Crippen LogP contribution in [0.15, 0.2) is 30.3 Å². The van der Waals surface area contributed by atoms with E-state index < -0.39 is 34.3 Å². The standard InChI is InChI=1S/C15H19NO7S/c1-21-14(17)13-8-12(23-24(2,19)20)9-16(13)15(18)22-10-11-6-4-3-5-7-11/h3-7,12-13H,8-10H2,1-2H3/t12?,13-/m0/s1. The van der Waals surface area contributed by atoms with Gasteiger partial charge in [0.15, 0.2) is 0 Å². The van der Waals surface area contributed by atoms with Gasteiger partial charge in [0.2, 0.25) is 0 Å². The van der Waals surface area contributed by atoms with E-state index in [0.717, 1.165) is 16.7 Å². The second kappa shape index (κ2) is 7.63. The lowest BCUT2D eigenvalue weighted by Crippen LogP contribution is -2.41. The number of hydrogen-bond acceptors (Lipinski definition) is 7. The van der Waals surface area contributed by atoms with E-state index in [1.165, 1.54) is 7.11 Å². The molecule has 0 N–H and O–H groups in total. The van der Waals surface area contributed by atoms with Crippen LogP contribution in [0.25, 0.3) is 0 Å². The summed E-state index contributed by atoms with van der Waals surface area (Å²) in [6.07, 6.45) is -0.598. The molecule has 0 radical (unpaired) electrons. The molecule has 2 atom stereocenters. The Morgan fingerprint density at radius 1 is 1.25 bits per heavy atom. The lowest BCUT2D eigenvalue weighted by molar-refractivity contribution is -0.145. The van der Waals surface area contributed by atoms with Gasteiger partial charge in [0.05, 0.1) is 26.0 Å². The molecule has 0 aromatic heterocycles. The molecule has 1 aliphatic heterocycles. The number of ether oxygens (including phenoxy) is 2. The van der Waals surface area contributed by atoms with Gasteiger partial charge in [-0.15, -0.1) is 0 Å². The molecule has 2 rings (SSSR count). The second-order valence-corrected chi connectivity index (χ2v) is 6.99. The van der Waals surface area contributed by atoms with Crippen LogP contribution in [0.4, 0.5) is 4.79 Å². The smallest absolute Gasteiger partial charge is 0.410 e. The van der Waals surface area contributed by atoms with Crippen LogP contribution in [0.5, 0.6) is 0 Å². The van der Waals surface area contributed by atoms with Crippen LogP contribution in [0.2, 0.25) is 0 Å². The SMILES string of the molecule is COC(=O)[C@@H]1CC(OS(C)(=O)=O)CN1C(=O)OCc1ccccc1. The van der Waals surface area contributed by atoms with E-state index in [0.29, 0.717) is 0 Å². The molecule has 9 heteroatoms. The fraction of sp³-hybridized carbons (Fsp3) is 0.467. The second-order valence-electron chi connectivity index (χ2n) is 5.39. The van der Waals surface area contributed by atoms with Crippen molar-refractivity contribution >= 4 is 22.2 Å². The summed E-state index contributed by atoms with van der Waals surface area (Å²) in [4.78, 5) is 25.2. The van der Waals surface area contributed by atoms with Crippen LogP contribution in [-0.4, -0.2) is 57.4 Å². The normalized spacial score (nSPS) is 20.7. The molecule has 1 aromatic rings. The van der Waals surface area contributed by atoms with Gasteiger partial charge >= 0.3 is 12.1 Å². The molecule has 1 amide bonds. The number of esters is 1. The monoisotopic (exact) mass is 357 g/mol. The number of likely N-dealkylation sites (tertiary alicyclic amines) is 1. The highest BCUT2D eigenvalue weighted by Gasteiger charge is 2.43. The fourth-order valence-electron chi connectivity index (χ4n) is 2.48. The van der Waals surface area contributed by atoms with Crippen molar-refractivity contribution in [3.05, 3.63) is 35.9 Å². The highest BCUT2D eigenvalue weighted by atomic mass is 32.2. The summed E-state index contributed by atoms with van der Waals surface area (Å²) in [5.41, 5.74) is 0.795. The molecule has 1 unspecified atom stereocenters. The van der Waals surface area contributed by atoms with Crippen LogP contribution in [0.3, 0.4) is 0 Å². The Morgan fingerprint density at radius 3 is 2.50 bits per heavy atom. The summed E-state index contributed by atoms with van der Waals surface area (Å²) >= 11 is 0. The maximum Gasteiger partial charge on any atom is 0.410 e. The zero-order valence-electron chi connectivity index (χ0n) is 13.4. The van der Waals surface area contributed by atoms with Crippen LogP contribution in [-0.2, 0) is 35.2 Å². The predicted molar refractivity (Wildman–Crippen MR) is 83.5 cm³/mol. The van der Waals surface area contributed by atoms with E-state index in [1.807, 2.05) is 18.2 Å². The Balaban J connectivity index is 2.03. The van der Waals surface area contributed by atoms with E-state index in [-0.39, 0.29) is 19.6 Å². The number of rotatable bonds is 5. The topological polar surface area (TPSA) is 99.2 Å². The van der Waals surface area contributed by atoms with Gasteiger partial charge < -0.3 is 9.47 Å². The number of benzene rings is 1. The minimum absolute atomic E-state index is 0.0280. The predicted octanol–water partition coefficient (Wildman–Crippen LogP) is 0.915. The maximum atomic E-state index is 12.3. The minimum Gasteiger partial charge on any atom is -0.467 e. The van der Waals surface area contributed by atoms with Crippen molar-refractivity contribution in [2.75, 3.05) is 19.9 Å². The van der Waals surface area contributed by atoms with Gasteiger partial charge in [-0.2, -0.15) is 8.42 Å². The zero-order chi connectivity index (χ0) is 17.7. The number of amides is 1. The van der Waals surface area contributed by atoms with Crippen molar-refractivity contribution in [3.8, 4) is 0 Å². The summed E-state index contributed by atoms with van der Waals surface area (Å²) in [6.45, 7) is -0.0257. The third-order valence-electron chi connectivity index (χ3n) is 3.49. The Labute approximate surface area is 140 Å². The van der Waals surface area contributed by atoms with Crippen LogP contribution in [0.1, 0.15) is 12.0 Å². The van der Waals surface area contributed by atoms with Crippen molar-refractivity contribution in [2.24, 2.45) is 0 Å². The van der Waals surface area contributed by atoms with Gasteiger partial charge in [-0.1, -0.05) is 30.3 Å². The first kappa shape index (κ1) is 18.2. The maximum absolute atomic E-state index is 12.3. The Bertz CT molecular complexity index is 689. The molecule has 24 heavy (non-hydrogen) atoms. The molecular weight excluding hydrogens is 338 g/mol. The molecule has 8 nitrogen and oxygen atoms in total. The van der Waals surface area contributed by atoms with Crippen molar-refractivity contribution in [3.63, 3.8) is 0 Å². The molecule has 0 spiro atoms. The highest BCUT2D eigenvalue weighted by Crippen LogP contribution is 2.24. The van der Waals surface area contributed by atoms with E-state index in [9.17, 15) is 18.0 Å². The quantitative estimate of drug-likeness (QED) is 0.570. The third kappa shape index (κ3) is 4.93. The number of methoxy groups -OCH3 is 1. The fourth-order valence-corrected chi connectivity index (χ4v) is 3.11. The van der Waals surface area contributed by atoms with E-state index in [2.05, 4.69) is 4.74 Å². The summed E-state index contributed by atoms with van der Waals surface area (Å²) in [5, 5.41) is 0. The van der Waals surface area contributed by atoms with Crippen LogP contribution >= 0.6 is 0 Å². The van der Waals surface area contributed by atoms with Gasteiger partial charge in [-0.25, -0.2) is 9.59 Å². The van der Waals surface area contributed by atoms with Gasteiger partial charge in [-0.05, 0) is 5.56 Å². The zero-order valence-corrected chi connectivity index (χ0v) is 14.2.